The summed E-state index contributed by atoms with van der Waals surface area (Å²) >= 11 is 1.55. The first-order chi connectivity index (χ1) is 17.8. The van der Waals surface area contributed by atoms with Crippen LogP contribution in [0.1, 0.15) is 50.6 Å². The predicted octanol–water partition coefficient (Wildman–Crippen LogP) is 4.27. The van der Waals surface area contributed by atoms with E-state index in [4.69, 9.17) is 19.7 Å². The standard InChI is InChI=1S/C26H36N8OS/c1-2-11-33(12-3-1)18-20-17-23(32-26-30-22-5-4-10-27-24(22)36-26)31-25(29-20)28-19-6-8-21(9-7-19)34-13-15-35-16-14-34/h4-5,10,17,19,21H,1-3,6-9,11-16,18H2,(H2,28,29,30,31,32)/t19-,21-. The van der Waals surface area contributed by atoms with Gasteiger partial charge in [-0.25, -0.2) is 15.0 Å². The Hall–Kier alpha value is -2.40. The van der Waals surface area contributed by atoms with Gasteiger partial charge in [0.2, 0.25) is 5.95 Å². The molecule has 0 aromatic carbocycles. The molecule has 3 aromatic heterocycles. The molecule has 2 N–H and O–H groups in total. The Balaban J connectivity index is 1.16. The van der Waals surface area contributed by atoms with E-state index in [9.17, 15) is 0 Å². The number of nitrogens with one attached hydrogen (secondary N) is 2. The number of nitrogens with zero attached hydrogens (tertiary/aromatic N) is 6. The lowest BCUT2D eigenvalue weighted by Gasteiger charge is -2.38. The van der Waals surface area contributed by atoms with Gasteiger partial charge in [-0.3, -0.25) is 9.80 Å². The molecule has 6 rings (SSSR count). The Labute approximate surface area is 216 Å². The van der Waals surface area contributed by atoms with Gasteiger partial charge >= 0.3 is 0 Å². The number of piperidine rings is 1. The molecule has 0 bridgehead atoms. The van der Waals surface area contributed by atoms with Crippen LogP contribution in [0.5, 0.6) is 0 Å². The van der Waals surface area contributed by atoms with Crippen LogP contribution >= 0.6 is 11.3 Å². The minimum atomic E-state index is 0.409. The van der Waals surface area contributed by atoms with Crippen molar-refractivity contribution < 1.29 is 4.74 Å². The summed E-state index contributed by atoms with van der Waals surface area (Å²) in [6.45, 7) is 7.03. The Morgan fingerprint density at radius 2 is 1.81 bits per heavy atom. The molecule has 9 nitrogen and oxygen atoms in total. The smallest absolute Gasteiger partial charge is 0.225 e. The molecule has 36 heavy (non-hydrogen) atoms. The predicted molar refractivity (Wildman–Crippen MR) is 144 cm³/mol. The summed E-state index contributed by atoms with van der Waals surface area (Å²) in [6.07, 6.45) is 10.4. The van der Waals surface area contributed by atoms with Crippen molar-refractivity contribution in [3.8, 4) is 0 Å². The second kappa shape index (κ2) is 11.3. The first-order valence-electron chi connectivity index (χ1n) is 13.5. The topological polar surface area (TPSA) is 91.3 Å². The van der Waals surface area contributed by atoms with Crippen LogP contribution in [0.15, 0.2) is 24.4 Å². The summed E-state index contributed by atoms with van der Waals surface area (Å²) in [5, 5.41) is 7.93. The molecule has 1 saturated carbocycles. The SMILES string of the molecule is c1cnc2sc(Nc3cc(CN4CCCCC4)nc(N[C@H]4CC[C@H](N5CCOCC5)CC4)n3)nc2c1. The maximum atomic E-state index is 5.54. The van der Waals surface area contributed by atoms with Gasteiger partial charge in [-0.15, -0.1) is 0 Å². The molecule has 3 aliphatic rings. The van der Waals surface area contributed by atoms with E-state index in [0.29, 0.717) is 12.1 Å². The van der Waals surface area contributed by atoms with Gasteiger partial charge in [-0.1, -0.05) is 17.8 Å². The number of ether oxygens (including phenoxy) is 1. The van der Waals surface area contributed by atoms with Gasteiger partial charge in [-0.2, -0.15) is 4.98 Å². The van der Waals surface area contributed by atoms with Crippen LogP contribution in [0, 0.1) is 0 Å². The van der Waals surface area contributed by atoms with Crippen LogP contribution in [-0.4, -0.2) is 81.2 Å². The van der Waals surface area contributed by atoms with Crippen molar-refractivity contribution in [1.82, 2.24) is 29.7 Å². The minimum Gasteiger partial charge on any atom is -0.379 e. The summed E-state index contributed by atoms with van der Waals surface area (Å²) in [5.74, 6) is 1.52. The average molecular weight is 509 g/mol. The van der Waals surface area contributed by atoms with Gasteiger partial charge in [-0.05, 0) is 63.7 Å². The third-order valence-electron chi connectivity index (χ3n) is 7.61. The average Bonchev–Trinajstić information content (AvgIpc) is 3.32. The van der Waals surface area contributed by atoms with Gasteiger partial charge in [0.25, 0.3) is 0 Å². The first kappa shape index (κ1) is 24.0. The molecule has 2 aliphatic heterocycles. The molecule has 0 radical (unpaired) electrons. The van der Waals surface area contributed by atoms with E-state index in [1.54, 1.807) is 11.3 Å². The Morgan fingerprint density at radius 3 is 2.61 bits per heavy atom. The number of rotatable bonds is 7. The lowest BCUT2D eigenvalue weighted by atomic mass is 9.90. The summed E-state index contributed by atoms with van der Waals surface area (Å²) in [6, 6.07) is 7.08. The van der Waals surface area contributed by atoms with E-state index in [1.807, 2.05) is 18.3 Å². The molecule has 3 aromatic rings. The van der Waals surface area contributed by atoms with Gasteiger partial charge in [0.05, 0.1) is 18.9 Å². The van der Waals surface area contributed by atoms with Crippen LogP contribution in [0.2, 0.25) is 0 Å². The molecule has 0 atom stereocenters. The van der Waals surface area contributed by atoms with Gasteiger partial charge in [0.15, 0.2) is 5.13 Å². The third kappa shape index (κ3) is 5.94. The number of morpholine rings is 1. The monoisotopic (exact) mass is 508 g/mol. The highest BCUT2D eigenvalue weighted by molar-refractivity contribution is 7.21. The molecule has 10 heteroatoms. The summed E-state index contributed by atoms with van der Waals surface area (Å²) in [7, 11) is 0. The van der Waals surface area contributed by atoms with Crippen LogP contribution in [0.25, 0.3) is 10.3 Å². The van der Waals surface area contributed by atoms with Crippen molar-refractivity contribution in [2.75, 3.05) is 50.0 Å². The minimum absolute atomic E-state index is 0.409. The van der Waals surface area contributed by atoms with Crippen LogP contribution in [0.4, 0.5) is 16.9 Å². The number of hydrogen-bond acceptors (Lipinski definition) is 10. The molecule has 1 aliphatic carbocycles. The number of anilines is 3. The van der Waals surface area contributed by atoms with E-state index in [1.165, 1.54) is 32.1 Å². The van der Waals surface area contributed by atoms with Crippen molar-refractivity contribution in [3.05, 3.63) is 30.1 Å². The quantitative estimate of drug-likeness (QED) is 0.485. The Morgan fingerprint density at radius 1 is 0.972 bits per heavy atom. The van der Waals surface area contributed by atoms with Crippen LogP contribution < -0.4 is 10.6 Å². The van der Waals surface area contributed by atoms with Crippen LogP contribution in [-0.2, 0) is 11.3 Å². The second-order valence-electron chi connectivity index (χ2n) is 10.2. The first-order valence-corrected chi connectivity index (χ1v) is 14.3. The normalized spacial score (nSPS) is 24.1. The molecular weight excluding hydrogens is 472 g/mol. The molecule has 5 heterocycles. The maximum absolute atomic E-state index is 5.54. The largest absolute Gasteiger partial charge is 0.379 e. The molecule has 3 fully saturated rings. The van der Waals surface area contributed by atoms with Gasteiger partial charge in [0.1, 0.15) is 16.2 Å². The molecule has 192 valence electrons. The summed E-state index contributed by atoms with van der Waals surface area (Å²) in [5.41, 5.74) is 1.96. The lowest BCUT2D eigenvalue weighted by molar-refractivity contribution is 0.00790. The van der Waals surface area contributed by atoms with Gasteiger partial charge in [0, 0.05) is 44.0 Å². The fourth-order valence-electron chi connectivity index (χ4n) is 5.70. The maximum Gasteiger partial charge on any atom is 0.225 e. The number of pyridine rings is 1. The zero-order valence-corrected chi connectivity index (χ0v) is 21.7. The van der Waals surface area contributed by atoms with E-state index in [-0.39, 0.29) is 0 Å². The highest BCUT2D eigenvalue weighted by Crippen LogP contribution is 2.29. The van der Waals surface area contributed by atoms with E-state index in [0.717, 1.165) is 91.7 Å². The van der Waals surface area contributed by atoms with Crippen molar-refractivity contribution in [3.63, 3.8) is 0 Å². The molecule has 0 spiro atoms. The molecular formula is C26H36N8OS. The summed E-state index contributed by atoms with van der Waals surface area (Å²) < 4.78 is 5.54. The lowest BCUT2D eigenvalue weighted by Crippen LogP contribution is -2.46. The molecule has 0 amide bonds. The van der Waals surface area contributed by atoms with E-state index >= 15 is 0 Å². The van der Waals surface area contributed by atoms with Crippen molar-refractivity contribution >= 4 is 38.6 Å². The zero-order valence-electron chi connectivity index (χ0n) is 20.9. The highest BCUT2D eigenvalue weighted by atomic mass is 32.1. The second-order valence-corrected chi connectivity index (χ2v) is 11.2. The highest BCUT2D eigenvalue weighted by Gasteiger charge is 2.27. The van der Waals surface area contributed by atoms with Crippen molar-refractivity contribution in [2.24, 2.45) is 0 Å². The molecule has 0 unspecified atom stereocenters. The number of likely N-dealkylation sites (tertiary alicyclic amines) is 1. The fraction of sp³-hybridized carbons (Fsp3) is 0.615. The Kier molecular flexibility index (Phi) is 7.54. The third-order valence-corrected chi connectivity index (χ3v) is 8.50. The Bertz CT molecular complexity index is 1100. The van der Waals surface area contributed by atoms with Crippen LogP contribution in [0.3, 0.4) is 0 Å². The summed E-state index contributed by atoms with van der Waals surface area (Å²) in [4.78, 5) is 25.0. The number of fused-ring (bicyclic) bond motifs is 1. The number of thiazole rings is 1. The zero-order chi connectivity index (χ0) is 24.2. The number of aromatic nitrogens is 4. The molecule has 2 saturated heterocycles. The van der Waals surface area contributed by atoms with E-state index in [2.05, 4.69) is 31.5 Å². The number of hydrogen-bond donors (Lipinski definition) is 2. The van der Waals surface area contributed by atoms with E-state index < -0.39 is 0 Å². The van der Waals surface area contributed by atoms with Crippen molar-refractivity contribution in [2.45, 2.75) is 63.6 Å². The van der Waals surface area contributed by atoms with Gasteiger partial charge < -0.3 is 15.4 Å². The van der Waals surface area contributed by atoms with Crippen molar-refractivity contribution in [1.29, 1.82) is 0 Å². The fourth-order valence-corrected chi connectivity index (χ4v) is 6.51.